The van der Waals surface area contributed by atoms with Crippen molar-refractivity contribution in [3.63, 3.8) is 0 Å². The molecule has 3 heterocycles. The molecule has 4 aromatic rings. The monoisotopic (exact) mass is 351 g/mol. The Morgan fingerprint density at radius 2 is 2.12 bits per heavy atom. The Balaban J connectivity index is 1.84. The maximum Gasteiger partial charge on any atom is 0.335 e. The van der Waals surface area contributed by atoms with Crippen LogP contribution in [0.5, 0.6) is 0 Å². The van der Waals surface area contributed by atoms with Crippen molar-refractivity contribution in [2.45, 2.75) is 6.54 Å². The number of nitrogens with two attached hydrogens (primary N) is 1. The molecule has 0 spiro atoms. The van der Waals surface area contributed by atoms with Crippen LogP contribution in [-0.4, -0.2) is 40.8 Å². The van der Waals surface area contributed by atoms with Gasteiger partial charge in [-0.05, 0) is 23.8 Å². The number of rotatable bonds is 4. The number of hydrogen-bond acceptors (Lipinski definition) is 6. The van der Waals surface area contributed by atoms with Crippen molar-refractivity contribution in [3.05, 3.63) is 58.1 Å². The summed E-state index contributed by atoms with van der Waals surface area (Å²) >= 11 is 0. The van der Waals surface area contributed by atoms with Gasteiger partial charge in [-0.15, -0.1) is 0 Å². The van der Waals surface area contributed by atoms with E-state index in [1.165, 1.54) is 16.7 Å². The predicted molar refractivity (Wildman–Crippen MR) is 92.6 cm³/mol. The van der Waals surface area contributed by atoms with Crippen molar-refractivity contribution in [2.75, 3.05) is 5.73 Å². The number of anilines is 1. The standard InChI is InChI=1S/C16H13N7O3/c17-12-11-14(21-13(20-12)10-4-5-18-22-10)23(16(26)19-11)7-8-2-1-3-9(6-8)15(24)25/h1-6H,7H2,(H,18,22)(H,19,26)(H,24,25)(H2,17,20,21). The minimum atomic E-state index is -1.04. The second kappa shape index (κ2) is 5.84. The maximum absolute atomic E-state index is 12.4. The second-order valence-electron chi connectivity index (χ2n) is 5.62. The van der Waals surface area contributed by atoms with E-state index in [0.717, 1.165) is 0 Å². The minimum absolute atomic E-state index is 0.134. The summed E-state index contributed by atoms with van der Waals surface area (Å²) in [5, 5.41) is 15.7. The third-order valence-electron chi connectivity index (χ3n) is 3.91. The lowest BCUT2D eigenvalue weighted by Crippen LogP contribution is -2.18. The maximum atomic E-state index is 12.4. The van der Waals surface area contributed by atoms with Gasteiger partial charge in [0.2, 0.25) is 0 Å². The minimum Gasteiger partial charge on any atom is -0.478 e. The van der Waals surface area contributed by atoms with Crippen molar-refractivity contribution in [2.24, 2.45) is 0 Å². The quantitative estimate of drug-likeness (QED) is 0.424. The van der Waals surface area contributed by atoms with Crippen LogP contribution in [0.3, 0.4) is 0 Å². The molecule has 0 aliphatic carbocycles. The van der Waals surface area contributed by atoms with Crippen LogP contribution in [0.2, 0.25) is 0 Å². The van der Waals surface area contributed by atoms with Crippen LogP contribution in [0.1, 0.15) is 15.9 Å². The molecular weight excluding hydrogens is 338 g/mol. The van der Waals surface area contributed by atoms with E-state index in [1.54, 1.807) is 24.4 Å². The number of imidazole rings is 1. The first kappa shape index (κ1) is 15.6. The third kappa shape index (κ3) is 2.59. The molecule has 0 saturated heterocycles. The summed E-state index contributed by atoms with van der Waals surface area (Å²) in [6.07, 6.45) is 1.56. The molecule has 5 N–H and O–H groups in total. The van der Waals surface area contributed by atoms with Crippen LogP contribution in [0.15, 0.2) is 41.3 Å². The Morgan fingerprint density at radius 1 is 1.27 bits per heavy atom. The number of aromatic amines is 2. The zero-order valence-corrected chi connectivity index (χ0v) is 13.3. The first-order valence-corrected chi connectivity index (χ1v) is 7.61. The number of H-pyrrole nitrogens is 2. The average Bonchev–Trinajstić information content (AvgIpc) is 3.25. The summed E-state index contributed by atoms with van der Waals surface area (Å²) in [4.78, 5) is 34.7. The number of aromatic carboxylic acids is 1. The molecule has 0 unspecified atom stereocenters. The van der Waals surface area contributed by atoms with Gasteiger partial charge in [0, 0.05) is 6.20 Å². The SMILES string of the molecule is Nc1nc(-c2ccn[nH]2)nc2c1[nH]c(=O)n2Cc1cccc(C(=O)O)c1. The van der Waals surface area contributed by atoms with Crippen molar-refractivity contribution in [3.8, 4) is 11.5 Å². The van der Waals surface area contributed by atoms with Gasteiger partial charge in [0.25, 0.3) is 0 Å². The molecule has 0 aliphatic heterocycles. The zero-order valence-electron chi connectivity index (χ0n) is 13.3. The van der Waals surface area contributed by atoms with E-state index >= 15 is 0 Å². The molecule has 0 saturated carbocycles. The lowest BCUT2D eigenvalue weighted by molar-refractivity contribution is 0.0696. The predicted octanol–water partition coefficient (Wildman–Crippen LogP) is 0.838. The van der Waals surface area contributed by atoms with E-state index in [9.17, 15) is 9.59 Å². The summed E-state index contributed by atoms with van der Waals surface area (Å²) in [6, 6.07) is 8.04. The van der Waals surface area contributed by atoms with Gasteiger partial charge in [0.15, 0.2) is 17.3 Å². The van der Waals surface area contributed by atoms with E-state index in [0.29, 0.717) is 28.2 Å². The highest BCUT2D eigenvalue weighted by atomic mass is 16.4. The number of fused-ring (bicyclic) bond motifs is 1. The smallest absolute Gasteiger partial charge is 0.335 e. The summed E-state index contributed by atoms with van der Waals surface area (Å²) < 4.78 is 1.38. The summed E-state index contributed by atoms with van der Waals surface area (Å²) in [7, 11) is 0. The lowest BCUT2D eigenvalue weighted by Gasteiger charge is -2.06. The molecule has 0 fully saturated rings. The topological polar surface area (TPSA) is 156 Å². The number of carboxylic acids is 1. The molecule has 26 heavy (non-hydrogen) atoms. The third-order valence-corrected chi connectivity index (χ3v) is 3.91. The Labute approximate surface area is 145 Å². The van der Waals surface area contributed by atoms with Crippen molar-refractivity contribution in [1.82, 2.24) is 29.7 Å². The van der Waals surface area contributed by atoms with Crippen LogP contribution in [0.25, 0.3) is 22.7 Å². The molecule has 10 heteroatoms. The van der Waals surface area contributed by atoms with Gasteiger partial charge in [-0.1, -0.05) is 12.1 Å². The molecule has 4 rings (SSSR count). The number of aromatic nitrogens is 6. The average molecular weight is 351 g/mol. The summed E-state index contributed by atoms with van der Waals surface area (Å²) in [5.41, 5.74) is 7.55. The zero-order chi connectivity index (χ0) is 18.3. The van der Waals surface area contributed by atoms with Crippen molar-refractivity contribution >= 4 is 23.0 Å². The van der Waals surface area contributed by atoms with Gasteiger partial charge in [0.1, 0.15) is 11.2 Å². The van der Waals surface area contributed by atoms with Crippen molar-refractivity contribution in [1.29, 1.82) is 0 Å². The molecule has 0 aliphatic rings. The molecule has 10 nitrogen and oxygen atoms in total. The Kier molecular flexibility index (Phi) is 3.50. The fourth-order valence-corrected chi connectivity index (χ4v) is 2.68. The number of nitrogens with zero attached hydrogens (tertiary/aromatic N) is 4. The van der Waals surface area contributed by atoms with Crippen LogP contribution >= 0.6 is 0 Å². The molecule has 0 atom stereocenters. The molecule has 0 bridgehead atoms. The molecule has 0 amide bonds. The van der Waals surface area contributed by atoms with Gasteiger partial charge in [-0.3, -0.25) is 9.67 Å². The molecule has 3 aromatic heterocycles. The van der Waals surface area contributed by atoms with Gasteiger partial charge < -0.3 is 15.8 Å². The van der Waals surface area contributed by atoms with Crippen molar-refractivity contribution < 1.29 is 9.90 Å². The highest BCUT2D eigenvalue weighted by molar-refractivity contribution is 5.87. The number of nitrogen functional groups attached to an aromatic ring is 1. The Bertz CT molecular complexity index is 1170. The normalized spacial score (nSPS) is 11.1. The highest BCUT2D eigenvalue weighted by Crippen LogP contribution is 2.20. The first-order chi connectivity index (χ1) is 12.5. The van der Waals surface area contributed by atoms with E-state index in [4.69, 9.17) is 10.8 Å². The molecular formula is C16H13N7O3. The summed E-state index contributed by atoms with van der Waals surface area (Å²) in [6.45, 7) is 0.138. The number of carbonyl (C=O) groups is 1. The van der Waals surface area contributed by atoms with Gasteiger partial charge in [-0.2, -0.15) is 5.10 Å². The van der Waals surface area contributed by atoms with Crippen LogP contribution in [-0.2, 0) is 6.54 Å². The first-order valence-electron chi connectivity index (χ1n) is 7.61. The number of nitrogens with one attached hydrogen (secondary N) is 2. The van der Waals surface area contributed by atoms with E-state index in [-0.39, 0.29) is 17.9 Å². The molecule has 1 aromatic carbocycles. The largest absolute Gasteiger partial charge is 0.478 e. The second-order valence-corrected chi connectivity index (χ2v) is 5.62. The fourth-order valence-electron chi connectivity index (χ4n) is 2.68. The van der Waals surface area contributed by atoms with E-state index in [1.807, 2.05) is 0 Å². The van der Waals surface area contributed by atoms with Gasteiger partial charge >= 0.3 is 11.7 Å². The Morgan fingerprint density at radius 3 is 2.85 bits per heavy atom. The van der Waals surface area contributed by atoms with E-state index in [2.05, 4.69) is 25.1 Å². The number of hydrogen-bond donors (Lipinski definition) is 4. The highest BCUT2D eigenvalue weighted by Gasteiger charge is 2.16. The van der Waals surface area contributed by atoms with Crippen LogP contribution in [0.4, 0.5) is 5.82 Å². The number of benzene rings is 1. The van der Waals surface area contributed by atoms with Crippen LogP contribution < -0.4 is 11.4 Å². The lowest BCUT2D eigenvalue weighted by atomic mass is 10.1. The molecule has 0 radical (unpaired) electrons. The van der Waals surface area contributed by atoms with Crippen LogP contribution in [0, 0.1) is 0 Å². The van der Waals surface area contributed by atoms with E-state index < -0.39 is 11.7 Å². The number of carboxylic acid groups (broad SMARTS) is 1. The molecule has 130 valence electrons. The summed E-state index contributed by atoms with van der Waals surface area (Å²) in [5.74, 6) is -0.597. The van der Waals surface area contributed by atoms with Gasteiger partial charge in [0.05, 0.1) is 12.1 Å². The fraction of sp³-hybridized carbons (Fsp3) is 0.0625. The Hall–Kier alpha value is -3.95. The van der Waals surface area contributed by atoms with Gasteiger partial charge in [-0.25, -0.2) is 19.6 Å².